The summed E-state index contributed by atoms with van der Waals surface area (Å²) in [5.41, 5.74) is 2.22. The van der Waals surface area contributed by atoms with Gasteiger partial charge in [0, 0.05) is 18.0 Å². The van der Waals surface area contributed by atoms with Crippen LogP contribution in [0.1, 0.15) is 47.0 Å². The minimum Gasteiger partial charge on any atom is -0.344 e. The third-order valence-corrected chi connectivity index (χ3v) is 4.06. The van der Waals surface area contributed by atoms with Crippen LogP contribution in [0.3, 0.4) is 0 Å². The Morgan fingerprint density at radius 1 is 0.926 bits per heavy atom. The number of benzene rings is 1. The van der Waals surface area contributed by atoms with Crippen molar-refractivity contribution in [2.75, 3.05) is 5.32 Å². The Labute approximate surface area is 160 Å². The van der Waals surface area contributed by atoms with E-state index >= 15 is 0 Å². The highest BCUT2D eigenvalue weighted by Gasteiger charge is 2.28. The second-order valence-corrected chi connectivity index (χ2v) is 7.61. The van der Waals surface area contributed by atoms with Crippen LogP contribution in [0.5, 0.6) is 0 Å². The lowest BCUT2D eigenvalue weighted by molar-refractivity contribution is -0.136. The Morgan fingerprint density at radius 2 is 1.52 bits per heavy atom. The van der Waals surface area contributed by atoms with E-state index in [4.69, 9.17) is 5.21 Å². The van der Waals surface area contributed by atoms with Crippen molar-refractivity contribution in [3.63, 3.8) is 0 Å². The first-order valence-corrected chi connectivity index (χ1v) is 9.32. The molecule has 0 aliphatic carbocycles. The molecule has 2 unspecified atom stereocenters. The standard InChI is InChI=1S/C20H31N3O4/c1-13(2)10-15(12-18(24)23-27)19(25)22-17(11-14(3)4)20(26)21-16-8-6-5-7-9-16/h5-9,13-15,17,27H,10-12H2,1-4H3,(H,21,26)(H,22,25)(H,23,24). The van der Waals surface area contributed by atoms with Gasteiger partial charge < -0.3 is 10.6 Å². The lowest BCUT2D eigenvalue weighted by Crippen LogP contribution is -2.47. The highest BCUT2D eigenvalue weighted by Crippen LogP contribution is 2.17. The fourth-order valence-electron chi connectivity index (χ4n) is 2.86. The molecule has 0 saturated carbocycles. The summed E-state index contributed by atoms with van der Waals surface area (Å²) in [6.07, 6.45) is 0.828. The SMILES string of the molecule is CC(C)CC(CC(=O)NO)C(=O)NC(CC(C)C)C(=O)Nc1ccccc1. The Morgan fingerprint density at radius 3 is 2.04 bits per heavy atom. The van der Waals surface area contributed by atoms with Crippen LogP contribution in [-0.2, 0) is 14.4 Å². The molecular formula is C20H31N3O4. The summed E-state index contributed by atoms with van der Waals surface area (Å²) in [7, 11) is 0. The van der Waals surface area contributed by atoms with Crippen LogP contribution in [0.4, 0.5) is 5.69 Å². The minimum absolute atomic E-state index is 0.130. The molecular weight excluding hydrogens is 346 g/mol. The Kier molecular flexibility index (Phi) is 9.50. The molecule has 7 heteroatoms. The van der Waals surface area contributed by atoms with Gasteiger partial charge in [-0.05, 0) is 36.8 Å². The number of amides is 3. The average Bonchev–Trinajstić information content (AvgIpc) is 2.60. The lowest BCUT2D eigenvalue weighted by Gasteiger charge is -2.24. The second-order valence-electron chi connectivity index (χ2n) is 7.61. The number of carbonyl (C=O) groups excluding carboxylic acids is 3. The van der Waals surface area contributed by atoms with Gasteiger partial charge in [-0.15, -0.1) is 0 Å². The van der Waals surface area contributed by atoms with Crippen molar-refractivity contribution in [1.29, 1.82) is 0 Å². The molecule has 0 heterocycles. The zero-order chi connectivity index (χ0) is 20.4. The molecule has 3 amide bonds. The number of hydrogen-bond donors (Lipinski definition) is 4. The quantitative estimate of drug-likeness (QED) is 0.371. The van der Waals surface area contributed by atoms with Crippen molar-refractivity contribution < 1.29 is 19.6 Å². The molecule has 0 spiro atoms. The van der Waals surface area contributed by atoms with E-state index in [1.165, 1.54) is 0 Å². The van der Waals surface area contributed by atoms with Gasteiger partial charge in [0.05, 0.1) is 0 Å². The fourth-order valence-corrected chi connectivity index (χ4v) is 2.86. The van der Waals surface area contributed by atoms with Gasteiger partial charge in [0.25, 0.3) is 0 Å². The molecule has 4 N–H and O–H groups in total. The van der Waals surface area contributed by atoms with Crippen molar-refractivity contribution in [1.82, 2.24) is 10.8 Å². The summed E-state index contributed by atoms with van der Waals surface area (Å²) in [5.74, 6) is -1.50. The Balaban J connectivity index is 2.86. The topological polar surface area (TPSA) is 108 Å². The van der Waals surface area contributed by atoms with Crippen molar-refractivity contribution >= 4 is 23.4 Å². The zero-order valence-corrected chi connectivity index (χ0v) is 16.5. The summed E-state index contributed by atoms with van der Waals surface area (Å²) in [4.78, 5) is 36.9. The number of anilines is 1. The van der Waals surface area contributed by atoms with Crippen molar-refractivity contribution in [2.24, 2.45) is 17.8 Å². The third-order valence-electron chi connectivity index (χ3n) is 4.06. The molecule has 1 aromatic rings. The predicted octanol–water partition coefficient (Wildman–Crippen LogP) is 2.71. The number of nitrogens with one attached hydrogen (secondary N) is 3. The van der Waals surface area contributed by atoms with Gasteiger partial charge in [-0.2, -0.15) is 0 Å². The van der Waals surface area contributed by atoms with Gasteiger partial charge in [-0.3, -0.25) is 19.6 Å². The zero-order valence-electron chi connectivity index (χ0n) is 16.5. The number of para-hydroxylation sites is 1. The van der Waals surface area contributed by atoms with Crippen LogP contribution < -0.4 is 16.1 Å². The van der Waals surface area contributed by atoms with Crippen molar-refractivity contribution in [3.8, 4) is 0 Å². The third kappa shape index (κ3) is 8.68. The predicted molar refractivity (Wildman–Crippen MR) is 104 cm³/mol. The van der Waals surface area contributed by atoms with E-state index in [1.54, 1.807) is 17.6 Å². The van der Waals surface area contributed by atoms with Crippen LogP contribution in [0.25, 0.3) is 0 Å². The van der Waals surface area contributed by atoms with Crippen LogP contribution in [0.15, 0.2) is 30.3 Å². The van der Waals surface area contributed by atoms with Crippen molar-refractivity contribution in [3.05, 3.63) is 30.3 Å². The second kappa shape index (κ2) is 11.3. The molecule has 7 nitrogen and oxygen atoms in total. The summed E-state index contributed by atoms with van der Waals surface area (Å²) in [6, 6.07) is 8.34. The van der Waals surface area contributed by atoms with Gasteiger partial charge in [-0.1, -0.05) is 45.9 Å². The van der Waals surface area contributed by atoms with E-state index in [0.717, 1.165) is 0 Å². The van der Waals surface area contributed by atoms with Gasteiger partial charge in [0.15, 0.2) is 0 Å². The summed E-state index contributed by atoms with van der Waals surface area (Å²) < 4.78 is 0. The number of hydrogen-bond acceptors (Lipinski definition) is 4. The van der Waals surface area contributed by atoms with Crippen LogP contribution >= 0.6 is 0 Å². The highest BCUT2D eigenvalue weighted by atomic mass is 16.5. The summed E-state index contributed by atoms with van der Waals surface area (Å²) in [5, 5.41) is 14.4. The smallest absolute Gasteiger partial charge is 0.246 e. The first-order chi connectivity index (χ1) is 12.7. The van der Waals surface area contributed by atoms with E-state index < -0.39 is 17.9 Å². The first-order valence-electron chi connectivity index (χ1n) is 9.32. The maximum Gasteiger partial charge on any atom is 0.246 e. The highest BCUT2D eigenvalue weighted by molar-refractivity contribution is 5.97. The van der Waals surface area contributed by atoms with E-state index in [9.17, 15) is 14.4 Å². The van der Waals surface area contributed by atoms with Crippen LogP contribution in [-0.4, -0.2) is 29.0 Å². The normalized spacial score (nSPS) is 13.1. The van der Waals surface area contributed by atoms with Gasteiger partial charge >= 0.3 is 0 Å². The largest absolute Gasteiger partial charge is 0.344 e. The van der Waals surface area contributed by atoms with Gasteiger partial charge in [-0.25, -0.2) is 5.48 Å². The molecule has 0 saturated heterocycles. The van der Waals surface area contributed by atoms with Crippen LogP contribution in [0, 0.1) is 17.8 Å². The summed E-state index contributed by atoms with van der Waals surface area (Å²) >= 11 is 0. The fraction of sp³-hybridized carbons (Fsp3) is 0.550. The lowest BCUT2D eigenvalue weighted by atomic mass is 9.92. The minimum atomic E-state index is -0.704. The molecule has 1 aromatic carbocycles. The Bertz CT molecular complexity index is 617. The Hall–Kier alpha value is -2.41. The van der Waals surface area contributed by atoms with E-state index in [2.05, 4.69) is 10.6 Å². The van der Waals surface area contributed by atoms with Gasteiger partial charge in [0.2, 0.25) is 17.7 Å². The van der Waals surface area contributed by atoms with E-state index in [1.807, 2.05) is 45.9 Å². The van der Waals surface area contributed by atoms with Crippen molar-refractivity contribution in [2.45, 2.75) is 53.0 Å². The number of hydroxylamine groups is 1. The molecule has 2 atom stereocenters. The van der Waals surface area contributed by atoms with Crippen LogP contribution in [0.2, 0.25) is 0 Å². The number of carbonyl (C=O) groups is 3. The molecule has 0 aromatic heterocycles. The molecule has 1 rings (SSSR count). The van der Waals surface area contributed by atoms with Gasteiger partial charge in [0.1, 0.15) is 6.04 Å². The molecule has 27 heavy (non-hydrogen) atoms. The molecule has 150 valence electrons. The molecule has 0 bridgehead atoms. The monoisotopic (exact) mass is 377 g/mol. The maximum absolute atomic E-state index is 12.7. The molecule has 0 aliphatic heterocycles. The number of rotatable bonds is 10. The summed E-state index contributed by atoms with van der Waals surface area (Å²) in [6.45, 7) is 7.84. The average molecular weight is 377 g/mol. The molecule has 0 radical (unpaired) electrons. The first kappa shape index (κ1) is 22.6. The van der Waals surface area contributed by atoms with E-state index in [-0.39, 0.29) is 30.1 Å². The maximum atomic E-state index is 12.7. The molecule has 0 fully saturated rings. The molecule has 0 aliphatic rings. The van der Waals surface area contributed by atoms with E-state index in [0.29, 0.717) is 18.5 Å².